The molecule has 2 aromatic rings. The highest BCUT2D eigenvalue weighted by Crippen LogP contribution is 2.26. The monoisotopic (exact) mass is 295 g/mol. The van der Waals surface area contributed by atoms with Crippen LogP contribution in [0.25, 0.3) is 0 Å². The topological polar surface area (TPSA) is 35.2 Å². The van der Waals surface area contributed by atoms with Crippen molar-refractivity contribution in [1.82, 2.24) is 0 Å². The third-order valence-corrected chi connectivity index (χ3v) is 3.06. The Labute approximate surface area is 121 Å². The Morgan fingerprint density at radius 3 is 2.48 bits per heavy atom. The number of nitrogens with two attached hydrogens (primary N) is 1. The summed E-state index contributed by atoms with van der Waals surface area (Å²) in [5.74, 6) is -0.250. The van der Waals surface area contributed by atoms with Crippen LogP contribution in [0.1, 0.15) is 22.7 Å². The zero-order chi connectivity index (χ0) is 15.5. The van der Waals surface area contributed by atoms with E-state index in [0.29, 0.717) is 12.0 Å². The highest BCUT2D eigenvalue weighted by Gasteiger charge is 2.31. The number of alkyl halides is 3. The van der Waals surface area contributed by atoms with Crippen molar-refractivity contribution in [2.45, 2.75) is 25.7 Å². The molecule has 0 bridgehead atoms. The molecule has 21 heavy (non-hydrogen) atoms. The summed E-state index contributed by atoms with van der Waals surface area (Å²) in [6.07, 6.45) is -4.14. The first-order valence-corrected chi connectivity index (χ1v) is 6.50. The second-order valence-corrected chi connectivity index (χ2v) is 4.92. The number of benzene rings is 2. The molecule has 1 atom stereocenters. The summed E-state index contributed by atoms with van der Waals surface area (Å²) in [6, 6.07) is 13.3. The molecule has 5 heteroatoms. The van der Waals surface area contributed by atoms with Crippen LogP contribution in [0.5, 0.6) is 5.75 Å². The average Bonchev–Trinajstić information content (AvgIpc) is 2.37. The fraction of sp³-hybridized carbons (Fsp3) is 0.250. The molecule has 0 saturated carbocycles. The van der Waals surface area contributed by atoms with E-state index in [1.807, 2.05) is 31.2 Å². The van der Waals surface area contributed by atoms with E-state index in [-0.39, 0.29) is 11.8 Å². The van der Waals surface area contributed by atoms with Crippen molar-refractivity contribution < 1.29 is 17.9 Å². The lowest BCUT2D eigenvalue weighted by atomic mass is 9.98. The summed E-state index contributed by atoms with van der Waals surface area (Å²) in [4.78, 5) is 0. The van der Waals surface area contributed by atoms with Gasteiger partial charge in [0.2, 0.25) is 0 Å². The van der Waals surface area contributed by atoms with Crippen molar-refractivity contribution >= 4 is 0 Å². The predicted octanol–water partition coefficient (Wildman–Crippen LogP) is 4.14. The molecule has 2 rings (SSSR count). The third-order valence-electron chi connectivity index (χ3n) is 3.06. The van der Waals surface area contributed by atoms with E-state index in [9.17, 15) is 13.2 Å². The molecule has 2 N–H and O–H groups in total. The largest absolute Gasteiger partial charge is 0.573 e. The Morgan fingerprint density at radius 2 is 1.81 bits per heavy atom. The molecule has 0 aromatic heterocycles. The maximum Gasteiger partial charge on any atom is 0.573 e. The highest BCUT2D eigenvalue weighted by molar-refractivity contribution is 5.32. The minimum absolute atomic E-state index is 0.250. The Kier molecular flexibility index (Phi) is 4.53. The molecule has 1 unspecified atom stereocenters. The van der Waals surface area contributed by atoms with Gasteiger partial charge in [0, 0.05) is 6.04 Å². The van der Waals surface area contributed by atoms with Gasteiger partial charge in [-0.1, -0.05) is 42.0 Å². The van der Waals surface area contributed by atoms with Crippen molar-refractivity contribution in [3.63, 3.8) is 0 Å². The van der Waals surface area contributed by atoms with Crippen molar-refractivity contribution in [1.29, 1.82) is 0 Å². The molecule has 0 aliphatic rings. The SMILES string of the molecule is Cc1cccc(CC(N)c2cccc(OC(F)(F)F)c2)c1. The van der Waals surface area contributed by atoms with Crippen molar-refractivity contribution in [3.05, 3.63) is 65.2 Å². The third kappa shape index (κ3) is 4.79. The number of hydrogen-bond donors (Lipinski definition) is 1. The van der Waals surface area contributed by atoms with Crippen LogP contribution in [-0.4, -0.2) is 6.36 Å². The second kappa shape index (κ2) is 6.18. The summed E-state index contributed by atoms with van der Waals surface area (Å²) in [5.41, 5.74) is 8.85. The number of ether oxygens (including phenoxy) is 1. The van der Waals surface area contributed by atoms with Crippen LogP contribution in [0, 0.1) is 6.92 Å². The van der Waals surface area contributed by atoms with Crippen LogP contribution < -0.4 is 10.5 Å². The van der Waals surface area contributed by atoms with Gasteiger partial charge in [0.1, 0.15) is 5.75 Å². The number of aryl methyl sites for hydroxylation is 1. The van der Waals surface area contributed by atoms with Gasteiger partial charge in [-0.3, -0.25) is 0 Å². The zero-order valence-electron chi connectivity index (χ0n) is 11.5. The second-order valence-electron chi connectivity index (χ2n) is 4.92. The standard InChI is InChI=1S/C16H16F3NO/c1-11-4-2-5-12(8-11)9-15(20)13-6-3-7-14(10-13)21-16(17,18)19/h2-8,10,15H,9,20H2,1H3. The fourth-order valence-corrected chi connectivity index (χ4v) is 2.15. The van der Waals surface area contributed by atoms with E-state index in [2.05, 4.69) is 4.74 Å². The quantitative estimate of drug-likeness (QED) is 0.920. The van der Waals surface area contributed by atoms with Crippen LogP contribution >= 0.6 is 0 Å². The number of rotatable bonds is 4. The van der Waals surface area contributed by atoms with E-state index in [0.717, 1.165) is 11.1 Å². The molecule has 0 aliphatic heterocycles. The van der Waals surface area contributed by atoms with Crippen LogP contribution in [0.4, 0.5) is 13.2 Å². The number of halogens is 3. The van der Waals surface area contributed by atoms with E-state index in [1.165, 1.54) is 18.2 Å². The fourth-order valence-electron chi connectivity index (χ4n) is 2.15. The van der Waals surface area contributed by atoms with Crippen LogP contribution in [-0.2, 0) is 6.42 Å². The molecule has 2 aromatic carbocycles. The van der Waals surface area contributed by atoms with Gasteiger partial charge >= 0.3 is 6.36 Å². The first-order chi connectivity index (χ1) is 9.83. The van der Waals surface area contributed by atoms with E-state index in [1.54, 1.807) is 6.07 Å². The summed E-state index contributed by atoms with van der Waals surface area (Å²) >= 11 is 0. The van der Waals surface area contributed by atoms with Crippen molar-refractivity contribution in [2.75, 3.05) is 0 Å². The van der Waals surface area contributed by atoms with Gasteiger partial charge in [-0.15, -0.1) is 13.2 Å². The van der Waals surface area contributed by atoms with Crippen molar-refractivity contribution in [2.24, 2.45) is 5.73 Å². The summed E-state index contributed by atoms with van der Waals surface area (Å²) in [5, 5.41) is 0. The highest BCUT2D eigenvalue weighted by atomic mass is 19.4. The first-order valence-electron chi connectivity index (χ1n) is 6.50. The molecule has 0 radical (unpaired) electrons. The predicted molar refractivity (Wildman–Crippen MR) is 74.9 cm³/mol. The van der Waals surface area contributed by atoms with Crippen LogP contribution in [0.2, 0.25) is 0 Å². The Hall–Kier alpha value is -2.01. The summed E-state index contributed by atoms with van der Waals surface area (Å²) < 4.78 is 40.5. The lowest BCUT2D eigenvalue weighted by Crippen LogP contribution is -2.18. The van der Waals surface area contributed by atoms with Gasteiger partial charge in [-0.2, -0.15) is 0 Å². The minimum atomic E-state index is -4.70. The lowest BCUT2D eigenvalue weighted by Gasteiger charge is -2.15. The van der Waals surface area contributed by atoms with Gasteiger partial charge in [-0.05, 0) is 36.6 Å². The molecular weight excluding hydrogens is 279 g/mol. The molecule has 0 fully saturated rings. The Morgan fingerprint density at radius 1 is 1.10 bits per heavy atom. The average molecular weight is 295 g/mol. The lowest BCUT2D eigenvalue weighted by molar-refractivity contribution is -0.274. The normalized spacial score (nSPS) is 13.0. The molecular formula is C16H16F3NO. The molecule has 0 saturated heterocycles. The molecule has 0 amide bonds. The molecule has 2 nitrogen and oxygen atoms in total. The van der Waals surface area contributed by atoms with E-state index >= 15 is 0 Å². The van der Waals surface area contributed by atoms with Gasteiger partial charge in [-0.25, -0.2) is 0 Å². The smallest absolute Gasteiger partial charge is 0.406 e. The molecule has 0 spiro atoms. The maximum absolute atomic E-state index is 12.2. The minimum Gasteiger partial charge on any atom is -0.406 e. The Bertz CT molecular complexity index is 610. The summed E-state index contributed by atoms with van der Waals surface area (Å²) in [6.45, 7) is 1.98. The molecule has 0 heterocycles. The maximum atomic E-state index is 12.2. The summed E-state index contributed by atoms with van der Waals surface area (Å²) in [7, 11) is 0. The zero-order valence-corrected chi connectivity index (χ0v) is 11.5. The van der Waals surface area contributed by atoms with E-state index < -0.39 is 6.36 Å². The van der Waals surface area contributed by atoms with Crippen LogP contribution in [0.15, 0.2) is 48.5 Å². The first kappa shape index (κ1) is 15.4. The molecule has 112 valence electrons. The molecule has 0 aliphatic carbocycles. The van der Waals surface area contributed by atoms with E-state index in [4.69, 9.17) is 5.73 Å². The van der Waals surface area contributed by atoms with Crippen molar-refractivity contribution in [3.8, 4) is 5.75 Å². The van der Waals surface area contributed by atoms with Gasteiger partial charge < -0.3 is 10.5 Å². The van der Waals surface area contributed by atoms with Gasteiger partial charge in [0.25, 0.3) is 0 Å². The van der Waals surface area contributed by atoms with Gasteiger partial charge in [0.05, 0.1) is 0 Å². The van der Waals surface area contributed by atoms with Crippen LogP contribution in [0.3, 0.4) is 0 Å². The Balaban J connectivity index is 2.12. The number of hydrogen-bond acceptors (Lipinski definition) is 2. The van der Waals surface area contributed by atoms with Gasteiger partial charge in [0.15, 0.2) is 0 Å².